The zero-order chi connectivity index (χ0) is 13.0. The molecule has 1 aromatic carbocycles. The molecule has 0 amide bonds. The number of halogens is 2. The lowest BCUT2D eigenvalue weighted by molar-refractivity contribution is 0.290. The number of aliphatic hydroxyl groups is 1. The molecule has 0 atom stereocenters. The first-order valence-electron chi connectivity index (χ1n) is 5.08. The summed E-state index contributed by atoms with van der Waals surface area (Å²) in [4.78, 5) is 1.35. The number of benzene rings is 1. The highest BCUT2D eigenvalue weighted by molar-refractivity contribution is 7.80. The van der Waals surface area contributed by atoms with Crippen molar-refractivity contribution in [2.24, 2.45) is 5.73 Å². The topological polar surface area (TPSA) is 49.5 Å². The number of thiocarbonyl (C=S) groups is 1. The summed E-state index contributed by atoms with van der Waals surface area (Å²) in [5.41, 5.74) is 5.29. The number of anilines is 1. The molecule has 0 spiro atoms. The van der Waals surface area contributed by atoms with Crippen molar-refractivity contribution >= 4 is 22.9 Å². The summed E-state index contributed by atoms with van der Waals surface area (Å²) in [7, 11) is 1.62. The van der Waals surface area contributed by atoms with Crippen LogP contribution in [0, 0.1) is 11.6 Å². The normalized spacial score (nSPS) is 10.4. The minimum atomic E-state index is -1.04. The summed E-state index contributed by atoms with van der Waals surface area (Å²) in [5.74, 6) is -2.01. The monoisotopic (exact) mass is 260 g/mol. The molecule has 6 heteroatoms. The first-order valence-corrected chi connectivity index (χ1v) is 5.49. The molecule has 0 aromatic heterocycles. The third-order valence-electron chi connectivity index (χ3n) is 2.39. The van der Waals surface area contributed by atoms with E-state index in [1.807, 2.05) is 0 Å². The lowest BCUT2D eigenvalue weighted by Gasteiger charge is -2.20. The molecule has 0 radical (unpaired) electrons. The first-order chi connectivity index (χ1) is 7.99. The molecular weight excluding hydrogens is 246 g/mol. The number of hydrogen-bond acceptors (Lipinski definition) is 3. The molecule has 0 aliphatic heterocycles. The van der Waals surface area contributed by atoms with Crippen LogP contribution in [0.3, 0.4) is 0 Å². The van der Waals surface area contributed by atoms with Crippen molar-refractivity contribution in [2.45, 2.75) is 6.42 Å². The summed E-state index contributed by atoms with van der Waals surface area (Å²) in [6, 6.07) is 2.77. The van der Waals surface area contributed by atoms with E-state index >= 15 is 0 Å². The highest BCUT2D eigenvalue weighted by atomic mass is 32.1. The van der Waals surface area contributed by atoms with Crippen molar-refractivity contribution in [3.05, 3.63) is 29.3 Å². The maximum Gasteiger partial charge on any atom is 0.182 e. The molecule has 0 aliphatic rings. The van der Waals surface area contributed by atoms with Gasteiger partial charge in [-0.05, 0) is 18.6 Å². The summed E-state index contributed by atoms with van der Waals surface area (Å²) in [5, 5.41) is 8.67. The minimum Gasteiger partial charge on any atom is -0.396 e. The van der Waals surface area contributed by atoms with Crippen molar-refractivity contribution in [1.82, 2.24) is 0 Å². The third-order valence-corrected chi connectivity index (χ3v) is 2.61. The van der Waals surface area contributed by atoms with Gasteiger partial charge in [-0.15, -0.1) is 0 Å². The van der Waals surface area contributed by atoms with E-state index in [-0.39, 0.29) is 22.8 Å². The van der Waals surface area contributed by atoms with Gasteiger partial charge in [0.15, 0.2) is 11.6 Å². The Morgan fingerprint density at radius 1 is 1.41 bits per heavy atom. The third kappa shape index (κ3) is 3.10. The van der Waals surface area contributed by atoms with Gasteiger partial charge in [0.1, 0.15) is 4.99 Å². The van der Waals surface area contributed by atoms with Crippen LogP contribution in [0.1, 0.15) is 12.0 Å². The van der Waals surface area contributed by atoms with Crippen LogP contribution in [0.25, 0.3) is 0 Å². The van der Waals surface area contributed by atoms with Crippen LogP contribution in [0.2, 0.25) is 0 Å². The zero-order valence-corrected chi connectivity index (χ0v) is 10.2. The Hall–Kier alpha value is -1.27. The molecule has 0 aliphatic carbocycles. The molecule has 0 heterocycles. The number of hydrogen-bond donors (Lipinski definition) is 2. The molecule has 0 saturated heterocycles. The van der Waals surface area contributed by atoms with Gasteiger partial charge >= 0.3 is 0 Å². The largest absolute Gasteiger partial charge is 0.396 e. The Labute approximate surface area is 104 Å². The van der Waals surface area contributed by atoms with Crippen molar-refractivity contribution in [1.29, 1.82) is 0 Å². The van der Waals surface area contributed by atoms with Gasteiger partial charge in [0, 0.05) is 25.8 Å². The summed E-state index contributed by atoms with van der Waals surface area (Å²) < 4.78 is 27.3. The van der Waals surface area contributed by atoms with Gasteiger partial charge in [0.25, 0.3) is 0 Å². The Bertz CT molecular complexity index is 426. The molecular formula is C11H14F2N2OS. The second-order valence-electron chi connectivity index (χ2n) is 3.62. The smallest absolute Gasteiger partial charge is 0.182 e. The van der Waals surface area contributed by atoms with Crippen molar-refractivity contribution in [3.63, 3.8) is 0 Å². The van der Waals surface area contributed by atoms with Crippen LogP contribution >= 0.6 is 12.2 Å². The first kappa shape index (κ1) is 13.8. The predicted molar refractivity (Wildman–Crippen MR) is 67.2 cm³/mol. The fraction of sp³-hybridized carbons (Fsp3) is 0.364. The van der Waals surface area contributed by atoms with E-state index in [9.17, 15) is 8.78 Å². The summed E-state index contributed by atoms with van der Waals surface area (Å²) in [6.45, 7) is 0.429. The molecule has 3 N–H and O–H groups in total. The molecule has 0 unspecified atom stereocenters. The van der Waals surface area contributed by atoms with Gasteiger partial charge in [-0.25, -0.2) is 8.78 Å². The molecule has 0 bridgehead atoms. The fourth-order valence-corrected chi connectivity index (χ4v) is 1.61. The SMILES string of the molecule is CN(CCCO)c1ccc(C(N)=S)c(F)c1F. The van der Waals surface area contributed by atoms with Crippen LogP contribution in [-0.4, -0.2) is 30.3 Å². The molecule has 1 aromatic rings. The van der Waals surface area contributed by atoms with Gasteiger partial charge in [0.2, 0.25) is 0 Å². The van der Waals surface area contributed by atoms with Crippen LogP contribution < -0.4 is 10.6 Å². The van der Waals surface area contributed by atoms with Gasteiger partial charge in [-0.2, -0.15) is 0 Å². The summed E-state index contributed by atoms with van der Waals surface area (Å²) in [6.07, 6.45) is 0.481. The van der Waals surface area contributed by atoms with Crippen LogP contribution in [0.15, 0.2) is 12.1 Å². The average molecular weight is 260 g/mol. The Morgan fingerprint density at radius 3 is 2.59 bits per heavy atom. The van der Waals surface area contributed by atoms with Crippen LogP contribution in [0.5, 0.6) is 0 Å². The van der Waals surface area contributed by atoms with E-state index in [1.54, 1.807) is 7.05 Å². The maximum atomic E-state index is 13.7. The number of aliphatic hydroxyl groups excluding tert-OH is 1. The van der Waals surface area contributed by atoms with Crippen molar-refractivity contribution in [2.75, 3.05) is 25.1 Å². The molecule has 1 rings (SSSR count). The highest BCUT2D eigenvalue weighted by Crippen LogP contribution is 2.23. The van der Waals surface area contributed by atoms with Gasteiger partial charge in [-0.3, -0.25) is 0 Å². The summed E-state index contributed by atoms with van der Waals surface area (Å²) >= 11 is 4.61. The Kier molecular flexibility index (Phi) is 4.77. The Morgan fingerprint density at radius 2 is 2.06 bits per heavy atom. The molecule has 0 saturated carbocycles. The lowest BCUT2D eigenvalue weighted by atomic mass is 10.1. The zero-order valence-electron chi connectivity index (χ0n) is 9.41. The second kappa shape index (κ2) is 5.88. The fourth-order valence-electron chi connectivity index (χ4n) is 1.45. The predicted octanol–water partition coefficient (Wildman–Crippen LogP) is 1.42. The van der Waals surface area contributed by atoms with E-state index < -0.39 is 11.6 Å². The van der Waals surface area contributed by atoms with E-state index in [0.29, 0.717) is 13.0 Å². The van der Waals surface area contributed by atoms with Gasteiger partial charge in [-0.1, -0.05) is 12.2 Å². The van der Waals surface area contributed by atoms with Crippen molar-refractivity contribution in [3.8, 4) is 0 Å². The van der Waals surface area contributed by atoms with Gasteiger partial charge < -0.3 is 15.7 Å². The minimum absolute atomic E-state index is 0.000585. The van der Waals surface area contributed by atoms with E-state index in [0.717, 1.165) is 0 Å². The Balaban J connectivity index is 3.03. The second-order valence-corrected chi connectivity index (χ2v) is 4.06. The number of rotatable bonds is 5. The van der Waals surface area contributed by atoms with Crippen molar-refractivity contribution < 1.29 is 13.9 Å². The van der Waals surface area contributed by atoms with Gasteiger partial charge in [0.05, 0.1) is 5.69 Å². The molecule has 94 valence electrons. The quantitative estimate of drug-likeness (QED) is 0.786. The number of nitrogens with zero attached hydrogens (tertiary/aromatic N) is 1. The average Bonchev–Trinajstić information content (AvgIpc) is 2.29. The molecule has 17 heavy (non-hydrogen) atoms. The standard InChI is InChI=1S/C11H14F2N2OS/c1-15(5-2-6-16)8-4-3-7(11(14)17)9(12)10(8)13/h3-4,16H,2,5-6H2,1H3,(H2,14,17). The van der Waals surface area contributed by atoms with E-state index in [1.165, 1.54) is 17.0 Å². The van der Waals surface area contributed by atoms with E-state index in [2.05, 4.69) is 12.2 Å². The highest BCUT2D eigenvalue weighted by Gasteiger charge is 2.17. The maximum absolute atomic E-state index is 13.7. The number of nitrogens with two attached hydrogens (primary N) is 1. The molecule has 0 fully saturated rings. The van der Waals surface area contributed by atoms with Crippen LogP contribution in [-0.2, 0) is 0 Å². The van der Waals surface area contributed by atoms with E-state index in [4.69, 9.17) is 10.8 Å². The molecule has 3 nitrogen and oxygen atoms in total. The van der Waals surface area contributed by atoms with Crippen LogP contribution in [0.4, 0.5) is 14.5 Å². The lowest BCUT2D eigenvalue weighted by Crippen LogP contribution is -2.22.